The van der Waals surface area contributed by atoms with Crippen LogP contribution in [0.1, 0.15) is 26.3 Å². The summed E-state index contributed by atoms with van der Waals surface area (Å²) >= 11 is 0. The van der Waals surface area contributed by atoms with Crippen LogP contribution >= 0.6 is 0 Å². The molecule has 0 bridgehead atoms. The van der Waals surface area contributed by atoms with Crippen molar-refractivity contribution in [1.29, 1.82) is 21.0 Å². The number of carbonyl (C=O) groups is 1. The Balaban J connectivity index is 1.70. The average molecular weight is 545 g/mol. The lowest BCUT2D eigenvalue weighted by Gasteiger charge is -2.22. The van der Waals surface area contributed by atoms with Gasteiger partial charge in [-0.3, -0.25) is 0 Å². The van der Waals surface area contributed by atoms with Gasteiger partial charge in [-0.2, -0.15) is 21.0 Å². The van der Waals surface area contributed by atoms with Crippen molar-refractivity contribution in [2.24, 2.45) is 0 Å². The van der Waals surface area contributed by atoms with Gasteiger partial charge in [0, 0.05) is 10.8 Å². The zero-order valence-electron chi connectivity index (χ0n) is 22.7. The van der Waals surface area contributed by atoms with Crippen LogP contribution in [0.25, 0.3) is 10.8 Å². The van der Waals surface area contributed by atoms with E-state index in [9.17, 15) is 25.8 Å². The topological polar surface area (TPSA) is 164 Å². The molecule has 1 unspecified atom stereocenters. The first-order chi connectivity index (χ1) is 19.6. The summed E-state index contributed by atoms with van der Waals surface area (Å²) in [6.07, 6.45) is -1.41. The van der Waals surface area contributed by atoms with Crippen molar-refractivity contribution < 1.29 is 19.0 Å². The molecule has 0 saturated carbocycles. The van der Waals surface area contributed by atoms with E-state index in [2.05, 4.69) is 31.4 Å². The third kappa shape index (κ3) is 5.59. The SMILES string of the molecule is COc1ccc(C(C)(C)C)cc1NC(=O)Nc1ccc(OC2=C(C#N)C(C#N)OC(C#N)=C2C#N)c2ccccc12. The molecule has 0 spiro atoms. The minimum absolute atomic E-state index is 0.140. The van der Waals surface area contributed by atoms with E-state index < -0.39 is 17.9 Å². The Labute approximate surface area is 236 Å². The summed E-state index contributed by atoms with van der Waals surface area (Å²) < 4.78 is 16.7. The maximum atomic E-state index is 13.1. The highest BCUT2D eigenvalue weighted by molar-refractivity contribution is 6.08. The van der Waals surface area contributed by atoms with E-state index in [1.807, 2.05) is 24.3 Å². The van der Waals surface area contributed by atoms with Crippen LogP contribution in [-0.4, -0.2) is 19.2 Å². The van der Waals surface area contributed by atoms with Crippen LogP contribution in [0.5, 0.6) is 11.5 Å². The lowest BCUT2D eigenvalue weighted by molar-refractivity contribution is 0.188. The highest BCUT2D eigenvalue weighted by Gasteiger charge is 2.33. The monoisotopic (exact) mass is 544 g/mol. The number of anilines is 2. The summed E-state index contributed by atoms with van der Waals surface area (Å²) in [5, 5.41) is 45.1. The predicted molar refractivity (Wildman–Crippen MR) is 150 cm³/mol. The van der Waals surface area contributed by atoms with Crippen molar-refractivity contribution in [3.63, 3.8) is 0 Å². The Bertz CT molecular complexity index is 1790. The summed E-state index contributed by atoms with van der Waals surface area (Å²) in [7, 11) is 1.53. The molecule has 3 aromatic carbocycles. The molecule has 10 heteroatoms. The lowest BCUT2D eigenvalue weighted by atomic mass is 9.87. The first kappa shape index (κ1) is 28.0. The third-order valence-corrected chi connectivity index (χ3v) is 6.31. The van der Waals surface area contributed by atoms with Gasteiger partial charge in [-0.15, -0.1) is 0 Å². The van der Waals surface area contributed by atoms with Crippen molar-refractivity contribution in [3.8, 4) is 35.8 Å². The number of carbonyl (C=O) groups excluding carboxylic acids is 1. The fourth-order valence-corrected chi connectivity index (χ4v) is 4.21. The quantitative estimate of drug-likeness (QED) is 0.385. The Morgan fingerprint density at radius 2 is 1.56 bits per heavy atom. The van der Waals surface area contributed by atoms with E-state index in [4.69, 9.17) is 14.2 Å². The second-order valence-corrected chi connectivity index (χ2v) is 9.91. The summed E-state index contributed by atoms with van der Waals surface area (Å²) in [5.74, 6) is 0.0862. The highest BCUT2D eigenvalue weighted by atomic mass is 16.5. The summed E-state index contributed by atoms with van der Waals surface area (Å²) in [6.45, 7) is 6.21. The number of ether oxygens (including phenoxy) is 3. The fourth-order valence-electron chi connectivity index (χ4n) is 4.21. The van der Waals surface area contributed by atoms with Gasteiger partial charge in [-0.1, -0.05) is 51.1 Å². The number of allylic oxidation sites excluding steroid dienone is 2. The van der Waals surface area contributed by atoms with Crippen LogP contribution < -0.4 is 20.1 Å². The predicted octanol–water partition coefficient (Wildman–Crippen LogP) is 6.17. The van der Waals surface area contributed by atoms with Crippen LogP contribution in [0.4, 0.5) is 16.2 Å². The molecule has 1 atom stereocenters. The summed E-state index contributed by atoms with van der Waals surface area (Å²) in [6, 6.07) is 22.5. The van der Waals surface area contributed by atoms with Crippen LogP contribution in [0.2, 0.25) is 0 Å². The normalized spacial score (nSPS) is 14.6. The molecule has 4 rings (SSSR count). The van der Waals surface area contributed by atoms with E-state index in [1.165, 1.54) is 7.11 Å². The van der Waals surface area contributed by atoms with Gasteiger partial charge in [-0.25, -0.2) is 4.79 Å². The minimum Gasteiger partial charge on any atom is -0.495 e. The number of urea groups is 1. The lowest BCUT2D eigenvalue weighted by Crippen LogP contribution is -2.23. The smallest absolute Gasteiger partial charge is 0.323 e. The standard InChI is InChI=1S/C31H24N6O4/c1-31(2,3)18-9-11-26(39-4)24(13-18)37-30(38)36-23-10-12-25(20-8-6-5-7-19(20)23)41-29-21(14-32)27(16-34)40-28(17-35)22(29)15-33/h5-13,27H,1-4H3,(H2,36,37,38). The zero-order chi connectivity index (χ0) is 29.7. The van der Waals surface area contributed by atoms with Crippen LogP contribution in [-0.2, 0) is 10.2 Å². The molecule has 0 aliphatic carbocycles. The number of methoxy groups -OCH3 is 1. The van der Waals surface area contributed by atoms with E-state index in [0.717, 1.165) is 5.56 Å². The molecule has 0 radical (unpaired) electrons. The Morgan fingerprint density at radius 3 is 2.17 bits per heavy atom. The van der Waals surface area contributed by atoms with Gasteiger partial charge >= 0.3 is 6.03 Å². The second-order valence-electron chi connectivity index (χ2n) is 9.91. The number of rotatable bonds is 5. The van der Waals surface area contributed by atoms with Gasteiger partial charge in [0.25, 0.3) is 0 Å². The molecule has 1 aliphatic heterocycles. The molecule has 1 heterocycles. The molecule has 3 aromatic rings. The maximum absolute atomic E-state index is 13.1. The molecular weight excluding hydrogens is 520 g/mol. The third-order valence-electron chi connectivity index (χ3n) is 6.31. The molecule has 202 valence electrons. The summed E-state index contributed by atoms with van der Waals surface area (Å²) in [5.41, 5.74) is 1.31. The number of amides is 2. The van der Waals surface area contributed by atoms with Crippen LogP contribution in [0, 0.1) is 45.3 Å². The van der Waals surface area contributed by atoms with Gasteiger partial charge in [-0.05, 0) is 35.2 Å². The molecule has 1 aliphatic rings. The van der Waals surface area contributed by atoms with E-state index in [-0.39, 0.29) is 28.1 Å². The van der Waals surface area contributed by atoms with Crippen LogP contribution in [0.3, 0.4) is 0 Å². The first-order valence-corrected chi connectivity index (χ1v) is 12.4. The molecule has 0 saturated heterocycles. The number of benzene rings is 3. The van der Waals surface area contributed by atoms with E-state index >= 15 is 0 Å². The highest BCUT2D eigenvalue weighted by Crippen LogP contribution is 2.37. The maximum Gasteiger partial charge on any atom is 0.323 e. The molecule has 41 heavy (non-hydrogen) atoms. The average Bonchev–Trinajstić information content (AvgIpc) is 2.97. The molecule has 10 nitrogen and oxygen atoms in total. The van der Waals surface area contributed by atoms with Gasteiger partial charge in [0.15, 0.2) is 5.76 Å². The zero-order valence-corrected chi connectivity index (χ0v) is 22.7. The van der Waals surface area contributed by atoms with Crippen molar-refractivity contribution in [2.45, 2.75) is 32.3 Å². The van der Waals surface area contributed by atoms with E-state index in [0.29, 0.717) is 27.9 Å². The van der Waals surface area contributed by atoms with Crippen molar-refractivity contribution in [3.05, 3.63) is 82.8 Å². The van der Waals surface area contributed by atoms with E-state index in [1.54, 1.807) is 54.6 Å². The molecule has 0 fully saturated rings. The Kier molecular flexibility index (Phi) is 7.81. The van der Waals surface area contributed by atoms with Gasteiger partial charge in [0.2, 0.25) is 11.9 Å². The van der Waals surface area contributed by atoms with Crippen molar-refractivity contribution >= 4 is 28.2 Å². The Hall–Kier alpha value is -5.97. The number of hydrogen-bond acceptors (Lipinski definition) is 8. The Morgan fingerprint density at radius 1 is 0.878 bits per heavy atom. The number of nitriles is 4. The molecule has 2 amide bonds. The van der Waals surface area contributed by atoms with Crippen LogP contribution in [0.15, 0.2) is 77.3 Å². The number of hydrogen-bond donors (Lipinski definition) is 2. The van der Waals surface area contributed by atoms with Gasteiger partial charge in [0.05, 0.1) is 18.5 Å². The van der Waals surface area contributed by atoms with Gasteiger partial charge in [0.1, 0.15) is 46.9 Å². The minimum atomic E-state index is -1.41. The van der Waals surface area contributed by atoms with Crippen molar-refractivity contribution in [2.75, 3.05) is 17.7 Å². The second kappa shape index (κ2) is 11.4. The number of fused-ring (bicyclic) bond motifs is 1. The largest absolute Gasteiger partial charge is 0.495 e. The fraction of sp³-hybridized carbons (Fsp3) is 0.194. The molecular formula is C31H24N6O4. The molecule has 2 N–H and O–H groups in total. The number of nitrogens with one attached hydrogen (secondary N) is 2. The van der Waals surface area contributed by atoms with Crippen molar-refractivity contribution in [1.82, 2.24) is 0 Å². The van der Waals surface area contributed by atoms with Gasteiger partial charge < -0.3 is 24.8 Å². The summed E-state index contributed by atoms with van der Waals surface area (Å²) in [4.78, 5) is 13.1. The number of nitrogens with zero attached hydrogens (tertiary/aromatic N) is 4. The molecule has 0 aromatic heterocycles. The first-order valence-electron chi connectivity index (χ1n) is 12.4.